The molecule has 0 spiro atoms. The zero-order chi connectivity index (χ0) is 17.3. The molecule has 0 aromatic heterocycles. The Labute approximate surface area is 153 Å². The highest BCUT2D eigenvalue weighted by molar-refractivity contribution is 5.91. The van der Waals surface area contributed by atoms with Gasteiger partial charge < -0.3 is 0 Å². The Morgan fingerprint density at radius 1 is 0.640 bits per heavy atom. The molecule has 0 unspecified atom stereocenters. The topological polar surface area (TPSA) is 14.1 Å². The normalized spacial score (nSPS) is 11.9. The molecule has 133 valence electrons. The van der Waals surface area contributed by atoms with E-state index in [1.54, 1.807) is 0 Å². The standard InChI is InChI=1S/C24H32N/c1-2-3-4-5-6-7-8-9-10-11-15-20-16-14-18-22-21-17-12-13-19-23(21)25-24(20)22/h12-14,16-19H,2-11,15H2,1H3. The Bertz CT molecular complexity index is 659. The second-order valence-corrected chi connectivity index (χ2v) is 7.37. The molecular formula is C24H32N. The van der Waals surface area contributed by atoms with Crippen LogP contribution in [0, 0.1) is 0 Å². The van der Waals surface area contributed by atoms with Gasteiger partial charge in [0.1, 0.15) is 0 Å². The fourth-order valence-electron chi connectivity index (χ4n) is 3.86. The molecule has 2 aromatic rings. The van der Waals surface area contributed by atoms with Crippen LogP contribution in [-0.2, 0) is 6.42 Å². The lowest BCUT2D eigenvalue weighted by atomic mass is 9.99. The van der Waals surface area contributed by atoms with Crippen LogP contribution in [0.15, 0.2) is 42.5 Å². The van der Waals surface area contributed by atoms with Crippen LogP contribution in [0.25, 0.3) is 11.1 Å². The maximum absolute atomic E-state index is 4.88. The van der Waals surface area contributed by atoms with Crippen LogP contribution in [0.5, 0.6) is 0 Å². The molecule has 0 saturated heterocycles. The van der Waals surface area contributed by atoms with Gasteiger partial charge in [-0.2, -0.15) is 0 Å². The number of fused-ring (bicyclic) bond motifs is 3. The highest BCUT2D eigenvalue weighted by Gasteiger charge is 2.21. The Morgan fingerprint density at radius 3 is 2.04 bits per heavy atom. The van der Waals surface area contributed by atoms with Crippen molar-refractivity contribution in [2.75, 3.05) is 0 Å². The Morgan fingerprint density at radius 2 is 1.28 bits per heavy atom. The molecule has 0 N–H and O–H groups in total. The maximum Gasteiger partial charge on any atom is 0.0748 e. The van der Waals surface area contributed by atoms with E-state index in [0.717, 1.165) is 12.1 Å². The molecule has 1 aliphatic heterocycles. The van der Waals surface area contributed by atoms with E-state index in [2.05, 4.69) is 49.4 Å². The van der Waals surface area contributed by atoms with Gasteiger partial charge in [-0.15, -0.1) is 0 Å². The number of para-hydroxylation sites is 2. The lowest BCUT2D eigenvalue weighted by Gasteiger charge is -2.07. The van der Waals surface area contributed by atoms with Gasteiger partial charge in [0.25, 0.3) is 0 Å². The molecule has 1 heterocycles. The molecular weight excluding hydrogens is 302 g/mol. The van der Waals surface area contributed by atoms with Gasteiger partial charge in [0.15, 0.2) is 0 Å². The molecule has 0 saturated carbocycles. The molecule has 1 nitrogen and oxygen atoms in total. The van der Waals surface area contributed by atoms with Gasteiger partial charge in [0.05, 0.1) is 11.4 Å². The first-order chi connectivity index (χ1) is 12.4. The predicted octanol–water partition coefficient (Wildman–Crippen LogP) is 7.70. The maximum atomic E-state index is 4.88. The molecule has 3 rings (SSSR count). The monoisotopic (exact) mass is 334 g/mol. The average Bonchev–Trinajstić information content (AvgIpc) is 3.03. The summed E-state index contributed by atoms with van der Waals surface area (Å²) in [6.45, 7) is 2.29. The summed E-state index contributed by atoms with van der Waals surface area (Å²) in [6.07, 6.45) is 15.1. The van der Waals surface area contributed by atoms with Crippen LogP contribution in [0.4, 0.5) is 11.4 Å². The van der Waals surface area contributed by atoms with E-state index in [1.807, 2.05) is 0 Å². The van der Waals surface area contributed by atoms with Gasteiger partial charge in [0.2, 0.25) is 0 Å². The molecule has 1 radical (unpaired) electrons. The number of nitrogens with zero attached hydrogens (tertiary/aromatic N) is 1. The fourth-order valence-corrected chi connectivity index (χ4v) is 3.86. The SMILES string of the molecule is CCCCCCCCCCCCc1cccc2c1[N]c1ccccc1-2. The molecule has 0 atom stereocenters. The largest absolute Gasteiger partial charge is 0.247 e. The van der Waals surface area contributed by atoms with E-state index in [-0.39, 0.29) is 0 Å². The van der Waals surface area contributed by atoms with Crippen LogP contribution in [0.3, 0.4) is 0 Å². The van der Waals surface area contributed by atoms with Gasteiger partial charge in [-0.05, 0) is 24.5 Å². The van der Waals surface area contributed by atoms with Gasteiger partial charge in [-0.3, -0.25) is 0 Å². The number of hydrogen-bond donors (Lipinski definition) is 0. The second kappa shape index (κ2) is 9.65. The minimum atomic E-state index is 1.13. The summed E-state index contributed by atoms with van der Waals surface area (Å²) in [4.78, 5) is 0. The van der Waals surface area contributed by atoms with E-state index in [4.69, 9.17) is 5.32 Å². The van der Waals surface area contributed by atoms with E-state index >= 15 is 0 Å². The van der Waals surface area contributed by atoms with Crippen molar-refractivity contribution >= 4 is 11.4 Å². The van der Waals surface area contributed by atoms with Crippen LogP contribution >= 0.6 is 0 Å². The van der Waals surface area contributed by atoms with E-state index < -0.39 is 0 Å². The van der Waals surface area contributed by atoms with E-state index in [1.165, 1.54) is 86.6 Å². The summed E-state index contributed by atoms with van der Waals surface area (Å²) < 4.78 is 0. The summed E-state index contributed by atoms with van der Waals surface area (Å²) in [5.74, 6) is 0. The van der Waals surface area contributed by atoms with Crippen molar-refractivity contribution in [2.45, 2.75) is 77.6 Å². The van der Waals surface area contributed by atoms with Crippen LogP contribution < -0.4 is 5.32 Å². The first-order valence-electron chi connectivity index (χ1n) is 10.3. The Hall–Kier alpha value is -1.76. The van der Waals surface area contributed by atoms with Crippen molar-refractivity contribution in [3.8, 4) is 11.1 Å². The number of benzene rings is 2. The fraction of sp³-hybridized carbons (Fsp3) is 0.500. The molecule has 25 heavy (non-hydrogen) atoms. The smallest absolute Gasteiger partial charge is 0.0748 e. The van der Waals surface area contributed by atoms with E-state index in [0.29, 0.717) is 0 Å². The average molecular weight is 335 g/mol. The second-order valence-electron chi connectivity index (χ2n) is 7.37. The number of hydrogen-bond acceptors (Lipinski definition) is 0. The minimum absolute atomic E-state index is 1.13. The number of aryl methyl sites for hydroxylation is 1. The highest BCUT2D eigenvalue weighted by atomic mass is 14.9. The Kier molecular flexibility index (Phi) is 6.97. The number of rotatable bonds is 11. The van der Waals surface area contributed by atoms with E-state index in [9.17, 15) is 0 Å². The van der Waals surface area contributed by atoms with Crippen LogP contribution in [-0.4, -0.2) is 0 Å². The summed E-state index contributed by atoms with van der Waals surface area (Å²) in [6, 6.07) is 15.2. The third-order valence-electron chi connectivity index (χ3n) is 5.35. The quantitative estimate of drug-likeness (QED) is 0.319. The minimum Gasteiger partial charge on any atom is -0.247 e. The van der Waals surface area contributed by atoms with Gasteiger partial charge in [0, 0.05) is 11.1 Å². The van der Waals surface area contributed by atoms with Crippen LogP contribution in [0.2, 0.25) is 0 Å². The lowest BCUT2D eigenvalue weighted by molar-refractivity contribution is 0.556. The zero-order valence-corrected chi connectivity index (χ0v) is 15.8. The molecule has 0 aliphatic carbocycles. The Balaban J connectivity index is 1.38. The van der Waals surface area contributed by atoms with Crippen molar-refractivity contribution < 1.29 is 0 Å². The first-order valence-corrected chi connectivity index (χ1v) is 10.3. The van der Waals surface area contributed by atoms with Gasteiger partial charge in [-0.1, -0.05) is 101 Å². The van der Waals surface area contributed by atoms with Gasteiger partial charge in [-0.25, -0.2) is 5.32 Å². The summed E-state index contributed by atoms with van der Waals surface area (Å²) in [5, 5.41) is 4.88. The summed E-state index contributed by atoms with van der Waals surface area (Å²) >= 11 is 0. The van der Waals surface area contributed by atoms with Gasteiger partial charge >= 0.3 is 0 Å². The molecule has 1 aliphatic rings. The predicted molar refractivity (Wildman–Crippen MR) is 109 cm³/mol. The lowest BCUT2D eigenvalue weighted by Crippen LogP contribution is -1.92. The molecule has 0 fully saturated rings. The van der Waals surface area contributed by atoms with Crippen LogP contribution in [0.1, 0.15) is 76.7 Å². The molecule has 0 bridgehead atoms. The zero-order valence-electron chi connectivity index (χ0n) is 15.8. The summed E-state index contributed by atoms with van der Waals surface area (Å²) in [5.41, 5.74) is 6.39. The first kappa shape index (κ1) is 18.0. The third kappa shape index (κ3) is 4.87. The van der Waals surface area contributed by atoms with Crippen molar-refractivity contribution in [3.05, 3.63) is 48.0 Å². The molecule has 2 aromatic carbocycles. The van der Waals surface area contributed by atoms with Crippen molar-refractivity contribution in [1.82, 2.24) is 5.32 Å². The number of unbranched alkanes of at least 4 members (excludes halogenated alkanes) is 9. The third-order valence-corrected chi connectivity index (χ3v) is 5.35. The molecule has 1 heteroatoms. The highest BCUT2D eigenvalue weighted by Crippen LogP contribution is 2.44. The summed E-state index contributed by atoms with van der Waals surface area (Å²) in [7, 11) is 0. The van der Waals surface area contributed by atoms with Crippen molar-refractivity contribution in [1.29, 1.82) is 0 Å². The molecule has 0 amide bonds. The van der Waals surface area contributed by atoms with Crippen molar-refractivity contribution in [3.63, 3.8) is 0 Å². The van der Waals surface area contributed by atoms with Crippen molar-refractivity contribution in [2.24, 2.45) is 0 Å².